The number of carboxylic acids is 1. The van der Waals surface area contributed by atoms with Gasteiger partial charge in [-0.05, 0) is 25.3 Å². The summed E-state index contributed by atoms with van der Waals surface area (Å²) in [6.07, 6.45) is 3.95. The van der Waals surface area contributed by atoms with Crippen molar-refractivity contribution in [2.24, 2.45) is 5.41 Å². The molecule has 0 spiro atoms. The summed E-state index contributed by atoms with van der Waals surface area (Å²) in [7, 11) is 0. The van der Waals surface area contributed by atoms with E-state index in [2.05, 4.69) is 38.1 Å². The molecule has 4 nitrogen and oxygen atoms in total. The van der Waals surface area contributed by atoms with Gasteiger partial charge in [-0.3, -0.25) is 4.79 Å². The molecule has 0 aliphatic heterocycles. The normalized spacial score (nSPS) is 23.2. The number of benzene rings is 1. The molecule has 0 unspecified atom stereocenters. The van der Waals surface area contributed by atoms with Crippen LogP contribution in [-0.2, 0) is 14.4 Å². The highest BCUT2D eigenvalue weighted by Crippen LogP contribution is 2.62. The fourth-order valence-electron chi connectivity index (χ4n) is 2.65. The minimum absolute atomic E-state index is 0.229. The van der Waals surface area contributed by atoms with Crippen molar-refractivity contribution in [3.63, 3.8) is 0 Å². The third kappa shape index (κ3) is 3.55. The lowest BCUT2D eigenvalue weighted by molar-refractivity contribution is -0.191. The number of rotatable bonds is 5. The fraction of sp³-hybridized carbons (Fsp3) is 0.500. The van der Waals surface area contributed by atoms with E-state index in [1.807, 2.05) is 0 Å². The molecule has 1 aliphatic rings. The summed E-state index contributed by atoms with van der Waals surface area (Å²) in [4.78, 5) is 27.7. The first-order valence-corrected chi connectivity index (χ1v) is 6.81. The van der Waals surface area contributed by atoms with Crippen LogP contribution in [0.5, 0.6) is 0 Å². The first-order valence-electron chi connectivity index (χ1n) is 6.81. The Balaban J connectivity index is 0.000000612. The second-order valence-electron chi connectivity index (χ2n) is 5.32. The smallest absolute Gasteiger partial charge is 0.373 e. The third-order valence-electron chi connectivity index (χ3n) is 3.96. The van der Waals surface area contributed by atoms with Gasteiger partial charge in [0.25, 0.3) is 0 Å². The third-order valence-corrected chi connectivity index (χ3v) is 3.96. The van der Waals surface area contributed by atoms with Crippen molar-refractivity contribution in [1.82, 2.24) is 0 Å². The van der Waals surface area contributed by atoms with E-state index in [4.69, 9.17) is 9.59 Å². The number of aryl methyl sites for hydroxylation is 1. The minimum atomic E-state index is -0.614. The summed E-state index contributed by atoms with van der Waals surface area (Å²) in [6, 6.07) is 8.30. The van der Waals surface area contributed by atoms with Gasteiger partial charge >= 0.3 is 12.1 Å². The summed E-state index contributed by atoms with van der Waals surface area (Å²) >= 11 is 0. The van der Waals surface area contributed by atoms with Gasteiger partial charge in [0.05, 0.1) is 5.41 Å². The fourth-order valence-corrected chi connectivity index (χ4v) is 2.65. The Kier molecular flexibility index (Phi) is 5.66. The molecule has 1 aliphatic carbocycles. The molecule has 0 radical (unpaired) electrons. The van der Waals surface area contributed by atoms with Crippen molar-refractivity contribution in [2.45, 2.75) is 45.4 Å². The number of carbonyl (C=O) groups is 1. The highest BCUT2D eigenvalue weighted by Gasteiger charge is 2.59. The molecular formula is C16H20O4. The Morgan fingerprint density at radius 1 is 1.35 bits per heavy atom. The highest BCUT2D eigenvalue weighted by molar-refractivity contribution is 5.80. The molecular weight excluding hydrogens is 256 g/mol. The Morgan fingerprint density at radius 3 is 2.35 bits per heavy atom. The first-order chi connectivity index (χ1) is 9.51. The number of carboxylic acid groups (broad SMARTS) is 1. The van der Waals surface area contributed by atoms with E-state index in [9.17, 15) is 9.90 Å². The van der Waals surface area contributed by atoms with Crippen LogP contribution < -0.4 is 0 Å². The Bertz CT molecular complexity index is 486. The van der Waals surface area contributed by atoms with Gasteiger partial charge in [0, 0.05) is 5.92 Å². The molecule has 1 aromatic carbocycles. The van der Waals surface area contributed by atoms with Crippen molar-refractivity contribution >= 4 is 12.1 Å². The monoisotopic (exact) mass is 276 g/mol. The van der Waals surface area contributed by atoms with Crippen LogP contribution in [0, 0.1) is 12.3 Å². The molecule has 20 heavy (non-hydrogen) atoms. The molecule has 2 rings (SSSR count). The van der Waals surface area contributed by atoms with Crippen molar-refractivity contribution in [3.8, 4) is 0 Å². The molecule has 108 valence electrons. The Morgan fingerprint density at radius 2 is 1.90 bits per heavy atom. The molecule has 0 saturated heterocycles. The van der Waals surface area contributed by atoms with Crippen LogP contribution in [0.4, 0.5) is 0 Å². The van der Waals surface area contributed by atoms with Crippen LogP contribution in [0.15, 0.2) is 24.3 Å². The lowest BCUT2D eigenvalue weighted by atomic mass is 9.93. The first kappa shape index (κ1) is 16.1. The maximum absolute atomic E-state index is 11.4. The zero-order valence-corrected chi connectivity index (χ0v) is 11.9. The zero-order chi connectivity index (χ0) is 15.2. The molecule has 0 aromatic heterocycles. The second kappa shape index (κ2) is 7.01. The summed E-state index contributed by atoms with van der Waals surface area (Å²) in [6.45, 7) is 4.16. The van der Waals surface area contributed by atoms with E-state index < -0.39 is 11.4 Å². The van der Waals surface area contributed by atoms with Crippen LogP contribution >= 0.6 is 0 Å². The van der Waals surface area contributed by atoms with Gasteiger partial charge in [-0.15, -0.1) is 0 Å². The molecule has 1 fully saturated rings. The van der Waals surface area contributed by atoms with Gasteiger partial charge in [0.15, 0.2) is 0 Å². The van der Waals surface area contributed by atoms with E-state index >= 15 is 0 Å². The molecule has 0 amide bonds. The van der Waals surface area contributed by atoms with Crippen LogP contribution in [0.2, 0.25) is 0 Å². The number of hydrogen-bond acceptors (Lipinski definition) is 3. The number of unbranched alkanes of at least 4 members (excludes halogenated alkanes) is 1. The van der Waals surface area contributed by atoms with Crippen LogP contribution in [0.3, 0.4) is 0 Å². The summed E-state index contributed by atoms with van der Waals surface area (Å²) in [5.74, 6) is -0.385. The Hall–Kier alpha value is -1.93. The second-order valence-corrected chi connectivity index (χ2v) is 5.32. The number of aliphatic carboxylic acids is 1. The average molecular weight is 276 g/mol. The Labute approximate surface area is 118 Å². The van der Waals surface area contributed by atoms with Gasteiger partial charge in [0.2, 0.25) is 0 Å². The van der Waals surface area contributed by atoms with E-state index in [1.54, 1.807) is 0 Å². The van der Waals surface area contributed by atoms with Crippen molar-refractivity contribution < 1.29 is 19.5 Å². The topological polar surface area (TPSA) is 71.4 Å². The quantitative estimate of drug-likeness (QED) is 0.896. The molecule has 0 bridgehead atoms. The van der Waals surface area contributed by atoms with Gasteiger partial charge in [-0.2, -0.15) is 9.59 Å². The van der Waals surface area contributed by atoms with Crippen molar-refractivity contribution in [2.75, 3.05) is 0 Å². The summed E-state index contributed by atoms with van der Waals surface area (Å²) in [5.41, 5.74) is 1.95. The number of hydrogen-bond donors (Lipinski definition) is 1. The van der Waals surface area contributed by atoms with E-state index in [0.29, 0.717) is 0 Å². The van der Waals surface area contributed by atoms with Gasteiger partial charge < -0.3 is 5.11 Å². The lowest BCUT2D eigenvalue weighted by Gasteiger charge is -2.11. The van der Waals surface area contributed by atoms with Crippen molar-refractivity contribution in [3.05, 3.63) is 35.4 Å². The summed E-state index contributed by atoms with van der Waals surface area (Å²) in [5, 5.41) is 9.42. The van der Waals surface area contributed by atoms with Crippen molar-refractivity contribution in [1.29, 1.82) is 0 Å². The maximum Gasteiger partial charge on any atom is 0.373 e. The van der Waals surface area contributed by atoms with Crippen LogP contribution in [0.1, 0.15) is 49.7 Å². The van der Waals surface area contributed by atoms with Crippen LogP contribution in [-0.4, -0.2) is 17.2 Å². The van der Waals surface area contributed by atoms with E-state index in [1.165, 1.54) is 11.1 Å². The minimum Gasteiger partial charge on any atom is -0.481 e. The van der Waals surface area contributed by atoms with Gasteiger partial charge in [-0.25, -0.2) is 0 Å². The van der Waals surface area contributed by atoms with Crippen LogP contribution in [0.25, 0.3) is 0 Å². The molecule has 1 aromatic rings. The largest absolute Gasteiger partial charge is 0.481 e. The molecule has 1 saturated carbocycles. The molecule has 2 atom stereocenters. The van der Waals surface area contributed by atoms with Gasteiger partial charge in [-0.1, -0.05) is 49.6 Å². The zero-order valence-electron chi connectivity index (χ0n) is 11.9. The lowest BCUT2D eigenvalue weighted by Crippen LogP contribution is -2.17. The SMILES string of the molecule is CCCC[C@@]1(C(=O)O)C[C@@H]1c1ccc(C)cc1.O=C=O. The van der Waals surface area contributed by atoms with E-state index in [-0.39, 0.29) is 12.1 Å². The van der Waals surface area contributed by atoms with Gasteiger partial charge in [0.1, 0.15) is 0 Å². The predicted molar refractivity (Wildman–Crippen MR) is 73.1 cm³/mol. The summed E-state index contributed by atoms with van der Waals surface area (Å²) < 4.78 is 0. The highest BCUT2D eigenvalue weighted by atomic mass is 16.4. The predicted octanol–water partition coefficient (Wildman–Crippen LogP) is 3.16. The molecule has 0 heterocycles. The van der Waals surface area contributed by atoms with E-state index in [0.717, 1.165) is 25.7 Å². The molecule has 1 N–H and O–H groups in total. The molecule has 4 heteroatoms. The average Bonchev–Trinajstić information content (AvgIpc) is 3.14. The maximum atomic E-state index is 11.4. The number of carbonyl (C=O) groups excluding carboxylic acids is 2. The standard InChI is InChI=1S/C15H20O2.CO2/c1-3-4-9-15(14(16)17)10-13(15)12-7-5-11(2)6-8-12;2-1-3/h5-8,13H,3-4,9-10H2,1-2H3,(H,16,17);/t13-,15-;/m1./s1.